The topological polar surface area (TPSA) is 23.8 Å². The molecule has 0 fully saturated rings. The number of hydrogen-bond donors (Lipinski definition) is 0. The summed E-state index contributed by atoms with van der Waals surface area (Å²) >= 11 is 0. The van der Waals surface area contributed by atoms with Gasteiger partial charge in [0.15, 0.2) is 23.3 Å². The fourth-order valence-electron chi connectivity index (χ4n) is 0.997. The molecular weight excluding hydrogens is 229 g/mol. The first kappa shape index (κ1) is 12.2. The highest BCUT2D eigenvalue weighted by Crippen LogP contribution is 2.24. The Labute approximate surface area is 87.4 Å². The van der Waals surface area contributed by atoms with Gasteiger partial charge in [0.05, 0.1) is 11.6 Å². The third kappa shape index (κ3) is 1.89. The van der Waals surface area contributed by atoms with E-state index in [4.69, 9.17) is 5.26 Å². The van der Waals surface area contributed by atoms with Gasteiger partial charge in [0, 0.05) is 5.57 Å². The van der Waals surface area contributed by atoms with Crippen molar-refractivity contribution in [1.82, 2.24) is 0 Å². The van der Waals surface area contributed by atoms with Gasteiger partial charge in [-0.15, -0.1) is 0 Å². The maximum absolute atomic E-state index is 13.0. The van der Waals surface area contributed by atoms with Gasteiger partial charge in [-0.25, -0.2) is 22.0 Å². The fraction of sp³-hybridized carbons (Fsp3) is 0.100. The van der Waals surface area contributed by atoms with Crippen LogP contribution in [-0.2, 0) is 0 Å². The number of nitriles is 1. The third-order valence-electron chi connectivity index (χ3n) is 1.78. The Balaban J connectivity index is 3.60. The first-order chi connectivity index (χ1) is 7.40. The number of nitrogens with zero attached hydrogens (tertiary/aromatic N) is 1. The minimum atomic E-state index is -2.22. The molecule has 1 nitrogen and oxygen atoms in total. The Bertz CT molecular complexity index is 484. The molecule has 0 saturated carbocycles. The number of benzene rings is 1. The maximum Gasteiger partial charge on any atom is 0.200 e. The van der Waals surface area contributed by atoms with Crippen LogP contribution in [-0.4, -0.2) is 0 Å². The lowest BCUT2D eigenvalue weighted by Gasteiger charge is -2.04. The molecule has 0 spiro atoms. The summed E-state index contributed by atoms with van der Waals surface area (Å²) in [7, 11) is 0. The molecule has 1 aromatic carbocycles. The molecule has 0 aromatic heterocycles. The van der Waals surface area contributed by atoms with Crippen LogP contribution >= 0.6 is 0 Å². The lowest BCUT2D eigenvalue weighted by molar-refractivity contribution is 0.377. The minimum Gasteiger partial charge on any atom is -0.203 e. The predicted octanol–water partition coefficient (Wildman–Crippen LogP) is 3.31. The average molecular weight is 233 g/mol. The normalized spacial score (nSPS) is 11.4. The SMILES string of the molecule is CC(C#N)=Cc1c(F)c(F)c(F)c(F)c1F. The predicted molar refractivity (Wildman–Crippen MR) is 45.5 cm³/mol. The summed E-state index contributed by atoms with van der Waals surface area (Å²) in [6.07, 6.45) is 0.594. The number of hydrogen-bond acceptors (Lipinski definition) is 1. The van der Waals surface area contributed by atoms with Gasteiger partial charge in [0.25, 0.3) is 0 Å². The van der Waals surface area contributed by atoms with E-state index in [9.17, 15) is 22.0 Å². The van der Waals surface area contributed by atoms with E-state index in [-0.39, 0.29) is 5.57 Å². The van der Waals surface area contributed by atoms with Crippen molar-refractivity contribution in [2.24, 2.45) is 0 Å². The average Bonchev–Trinajstić information content (AvgIpc) is 2.29. The van der Waals surface area contributed by atoms with Crippen LogP contribution in [0.15, 0.2) is 5.57 Å². The smallest absolute Gasteiger partial charge is 0.200 e. The van der Waals surface area contributed by atoms with E-state index in [1.807, 2.05) is 0 Å². The monoisotopic (exact) mass is 233 g/mol. The van der Waals surface area contributed by atoms with Crippen LogP contribution in [0.5, 0.6) is 0 Å². The molecule has 0 N–H and O–H groups in total. The van der Waals surface area contributed by atoms with Crippen molar-refractivity contribution in [3.63, 3.8) is 0 Å². The highest BCUT2D eigenvalue weighted by atomic mass is 19.2. The van der Waals surface area contributed by atoms with E-state index in [1.54, 1.807) is 0 Å². The molecule has 0 aliphatic rings. The second-order valence-electron chi connectivity index (χ2n) is 2.92. The Hall–Kier alpha value is -1.90. The summed E-state index contributed by atoms with van der Waals surface area (Å²) in [5.74, 6) is -10.2. The molecule has 0 aliphatic carbocycles. The minimum absolute atomic E-state index is 0.178. The zero-order valence-electron chi connectivity index (χ0n) is 7.91. The molecule has 1 aromatic rings. The van der Waals surface area contributed by atoms with Gasteiger partial charge in [-0.1, -0.05) is 0 Å². The van der Waals surface area contributed by atoms with Crippen molar-refractivity contribution < 1.29 is 22.0 Å². The zero-order chi connectivity index (χ0) is 12.5. The third-order valence-corrected chi connectivity index (χ3v) is 1.78. The molecule has 1 rings (SSSR count). The van der Waals surface area contributed by atoms with Crippen molar-refractivity contribution in [3.05, 3.63) is 40.2 Å². The van der Waals surface area contributed by atoms with Crippen LogP contribution < -0.4 is 0 Å². The molecule has 0 saturated heterocycles. The van der Waals surface area contributed by atoms with Gasteiger partial charge in [-0.05, 0) is 13.0 Å². The number of allylic oxidation sites excluding steroid dienone is 1. The molecule has 0 unspecified atom stereocenters. The highest BCUT2D eigenvalue weighted by molar-refractivity contribution is 5.57. The molecule has 0 atom stereocenters. The Morgan fingerprint density at radius 2 is 1.31 bits per heavy atom. The van der Waals surface area contributed by atoms with Crippen LogP contribution in [0.2, 0.25) is 0 Å². The quantitative estimate of drug-likeness (QED) is 0.316. The largest absolute Gasteiger partial charge is 0.203 e. The van der Waals surface area contributed by atoms with E-state index in [0.717, 1.165) is 0 Å². The standard InChI is InChI=1S/C10H4F5N/c1-4(3-16)2-5-6(11)8(13)10(15)9(14)7(5)12/h2H,1H3. The van der Waals surface area contributed by atoms with E-state index in [1.165, 1.54) is 13.0 Å². The molecule has 0 aliphatic heterocycles. The number of rotatable bonds is 1. The maximum atomic E-state index is 13.0. The summed E-state index contributed by atoms with van der Waals surface area (Å²) in [6.45, 7) is 1.18. The van der Waals surface area contributed by atoms with Crippen LogP contribution in [0, 0.1) is 40.4 Å². The van der Waals surface area contributed by atoms with Crippen LogP contribution in [0.4, 0.5) is 22.0 Å². The summed E-state index contributed by atoms with van der Waals surface area (Å²) in [5, 5.41) is 8.35. The van der Waals surface area contributed by atoms with Crippen molar-refractivity contribution in [3.8, 4) is 6.07 Å². The van der Waals surface area contributed by atoms with E-state index in [2.05, 4.69) is 0 Å². The van der Waals surface area contributed by atoms with Gasteiger partial charge < -0.3 is 0 Å². The molecule has 16 heavy (non-hydrogen) atoms. The summed E-state index contributed by atoms with van der Waals surface area (Å²) in [6, 6.07) is 1.51. The van der Waals surface area contributed by atoms with Crippen molar-refractivity contribution >= 4 is 6.08 Å². The summed E-state index contributed by atoms with van der Waals surface area (Å²) in [4.78, 5) is 0. The molecule has 0 radical (unpaired) electrons. The van der Waals surface area contributed by atoms with Crippen LogP contribution in [0.25, 0.3) is 6.08 Å². The van der Waals surface area contributed by atoms with E-state index >= 15 is 0 Å². The van der Waals surface area contributed by atoms with Gasteiger partial charge in [-0.2, -0.15) is 5.26 Å². The van der Waals surface area contributed by atoms with Crippen LogP contribution in [0.3, 0.4) is 0 Å². The Kier molecular flexibility index (Phi) is 3.28. The summed E-state index contributed by atoms with van der Waals surface area (Å²) in [5.41, 5.74) is -1.29. The molecule has 0 heterocycles. The Morgan fingerprint density at radius 3 is 1.69 bits per heavy atom. The molecule has 6 heteroatoms. The first-order valence-corrected chi connectivity index (χ1v) is 4.00. The number of halogens is 5. The second-order valence-corrected chi connectivity index (χ2v) is 2.92. The molecular formula is C10H4F5N. The highest BCUT2D eigenvalue weighted by Gasteiger charge is 2.24. The van der Waals surface area contributed by atoms with E-state index < -0.39 is 34.6 Å². The molecule has 0 amide bonds. The van der Waals surface area contributed by atoms with Gasteiger partial charge in [0.2, 0.25) is 5.82 Å². The molecule has 84 valence electrons. The lowest BCUT2D eigenvalue weighted by atomic mass is 10.1. The Morgan fingerprint density at radius 1 is 0.938 bits per heavy atom. The summed E-state index contributed by atoms with van der Waals surface area (Å²) < 4.78 is 64.0. The van der Waals surface area contributed by atoms with Crippen LogP contribution in [0.1, 0.15) is 12.5 Å². The van der Waals surface area contributed by atoms with Crippen molar-refractivity contribution in [2.45, 2.75) is 6.92 Å². The second kappa shape index (κ2) is 4.31. The molecule has 0 bridgehead atoms. The lowest BCUT2D eigenvalue weighted by Crippen LogP contribution is -2.04. The van der Waals surface area contributed by atoms with Crippen molar-refractivity contribution in [1.29, 1.82) is 5.26 Å². The van der Waals surface area contributed by atoms with Gasteiger partial charge in [-0.3, -0.25) is 0 Å². The van der Waals surface area contributed by atoms with Gasteiger partial charge >= 0.3 is 0 Å². The first-order valence-electron chi connectivity index (χ1n) is 4.00. The fourth-order valence-corrected chi connectivity index (χ4v) is 0.997. The van der Waals surface area contributed by atoms with E-state index in [0.29, 0.717) is 6.08 Å². The van der Waals surface area contributed by atoms with Crippen molar-refractivity contribution in [2.75, 3.05) is 0 Å². The zero-order valence-corrected chi connectivity index (χ0v) is 7.91. The van der Waals surface area contributed by atoms with Gasteiger partial charge in [0.1, 0.15) is 0 Å².